The fourth-order valence-electron chi connectivity index (χ4n) is 3.13. The monoisotopic (exact) mass is 320 g/mol. The highest BCUT2D eigenvalue weighted by Gasteiger charge is 2.21. The first-order chi connectivity index (χ1) is 11.2. The molecule has 23 heavy (non-hydrogen) atoms. The first-order valence-electron chi connectivity index (χ1n) is 7.76. The van der Waals surface area contributed by atoms with Gasteiger partial charge in [0.2, 0.25) is 0 Å². The third kappa shape index (κ3) is 2.55. The van der Waals surface area contributed by atoms with Crippen molar-refractivity contribution in [2.75, 3.05) is 5.32 Å². The van der Waals surface area contributed by atoms with Gasteiger partial charge in [0.15, 0.2) is 0 Å². The molecule has 4 rings (SSSR count). The number of rotatable bonds is 3. The van der Waals surface area contributed by atoms with Crippen molar-refractivity contribution >= 4 is 33.1 Å². The maximum Gasteiger partial charge on any atom is 0.143 e. The Morgan fingerprint density at radius 3 is 2.83 bits per heavy atom. The number of benzene rings is 1. The summed E-state index contributed by atoms with van der Waals surface area (Å²) in [7, 11) is 0. The van der Waals surface area contributed by atoms with Gasteiger partial charge in [0.05, 0.1) is 17.9 Å². The molecule has 0 radical (unpaired) electrons. The molecule has 0 atom stereocenters. The second kappa shape index (κ2) is 5.64. The summed E-state index contributed by atoms with van der Waals surface area (Å²) in [6.45, 7) is 1.94. The van der Waals surface area contributed by atoms with Gasteiger partial charge in [-0.2, -0.15) is 5.26 Å². The first kappa shape index (κ1) is 14.2. The highest BCUT2D eigenvalue weighted by molar-refractivity contribution is 7.19. The summed E-state index contributed by atoms with van der Waals surface area (Å²) in [5.41, 5.74) is 3.44. The van der Waals surface area contributed by atoms with Crippen molar-refractivity contribution in [1.82, 2.24) is 9.97 Å². The summed E-state index contributed by atoms with van der Waals surface area (Å²) in [5, 5.41) is 13.4. The number of nitrogens with zero attached hydrogens (tertiary/aromatic N) is 3. The van der Waals surface area contributed by atoms with E-state index >= 15 is 0 Å². The minimum Gasteiger partial charge on any atom is -0.340 e. The van der Waals surface area contributed by atoms with Crippen LogP contribution in [0.15, 0.2) is 24.3 Å². The van der Waals surface area contributed by atoms with Gasteiger partial charge in [-0.15, -0.1) is 11.3 Å². The standard InChI is InChI=1S/C18H16N4S/c1-11-20-17(22-13-7-5-12(6-8-13)9-10-19)16-14-3-2-4-15(14)23-18(16)21-11/h5-8H,2-4,9H2,1H3,(H,20,21,22). The van der Waals surface area contributed by atoms with Gasteiger partial charge in [-0.3, -0.25) is 0 Å². The maximum absolute atomic E-state index is 8.76. The SMILES string of the molecule is Cc1nc(Nc2ccc(CC#N)cc2)c2c3c(sc2n1)CCC3. The number of fused-ring (bicyclic) bond motifs is 3. The predicted octanol–water partition coefficient (Wildman–Crippen LogP) is 4.30. The van der Waals surface area contributed by atoms with Crippen LogP contribution in [0, 0.1) is 18.3 Å². The van der Waals surface area contributed by atoms with E-state index in [1.807, 2.05) is 42.5 Å². The molecule has 0 spiro atoms. The average Bonchev–Trinajstić information content (AvgIpc) is 3.09. The topological polar surface area (TPSA) is 61.6 Å². The van der Waals surface area contributed by atoms with Crippen LogP contribution < -0.4 is 5.32 Å². The molecule has 1 aliphatic carbocycles. The Bertz CT molecular complexity index is 919. The third-order valence-corrected chi connectivity index (χ3v) is 5.36. The summed E-state index contributed by atoms with van der Waals surface area (Å²) in [6, 6.07) is 10.1. The molecule has 1 aliphatic rings. The molecule has 0 unspecified atom stereocenters. The Morgan fingerprint density at radius 2 is 2.04 bits per heavy atom. The van der Waals surface area contributed by atoms with Crippen LogP contribution in [0.5, 0.6) is 0 Å². The second-order valence-electron chi connectivity index (χ2n) is 5.81. The fourth-order valence-corrected chi connectivity index (χ4v) is 4.43. The molecule has 1 N–H and O–H groups in total. The highest BCUT2D eigenvalue weighted by atomic mass is 32.1. The van der Waals surface area contributed by atoms with Crippen molar-refractivity contribution in [3.63, 3.8) is 0 Å². The number of nitriles is 1. The minimum atomic E-state index is 0.440. The summed E-state index contributed by atoms with van der Waals surface area (Å²) < 4.78 is 0. The number of nitrogens with one attached hydrogen (secondary N) is 1. The number of aryl methyl sites for hydroxylation is 3. The van der Waals surface area contributed by atoms with Crippen LogP contribution in [0.3, 0.4) is 0 Å². The lowest BCUT2D eigenvalue weighted by atomic mass is 10.1. The molecule has 0 saturated carbocycles. The van der Waals surface area contributed by atoms with Crippen molar-refractivity contribution in [3.05, 3.63) is 46.1 Å². The predicted molar refractivity (Wildman–Crippen MR) is 93.2 cm³/mol. The van der Waals surface area contributed by atoms with Gasteiger partial charge in [-0.1, -0.05) is 12.1 Å². The summed E-state index contributed by atoms with van der Waals surface area (Å²) in [4.78, 5) is 11.8. The van der Waals surface area contributed by atoms with Gasteiger partial charge in [-0.25, -0.2) is 9.97 Å². The molecular weight excluding hydrogens is 304 g/mol. The third-order valence-electron chi connectivity index (χ3n) is 4.18. The van der Waals surface area contributed by atoms with Crippen LogP contribution >= 0.6 is 11.3 Å². The molecule has 4 nitrogen and oxygen atoms in total. The normalized spacial score (nSPS) is 13.0. The molecule has 2 heterocycles. The molecule has 0 bridgehead atoms. The van der Waals surface area contributed by atoms with Crippen molar-refractivity contribution in [3.8, 4) is 6.07 Å². The zero-order chi connectivity index (χ0) is 15.8. The van der Waals surface area contributed by atoms with E-state index in [2.05, 4.69) is 21.4 Å². The Kier molecular flexibility index (Phi) is 3.47. The molecule has 114 valence electrons. The second-order valence-corrected chi connectivity index (χ2v) is 6.90. The summed E-state index contributed by atoms with van der Waals surface area (Å²) >= 11 is 1.81. The number of hydrogen-bond donors (Lipinski definition) is 1. The molecular formula is C18H16N4S. The van der Waals surface area contributed by atoms with Gasteiger partial charge >= 0.3 is 0 Å². The van der Waals surface area contributed by atoms with E-state index in [0.717, 1.165) is 40.6 Å². The lowest BCUT2D eigenvalue weighted by Gasteiger charge is -2.09. The fraction of sp³-hybridized carbons (Fsp3) is 0.278. The quantitative estimate of drug-likeness (QED) is 0.781. The summed E-state index contributed by atoms with van der Waals surface area (Å²) in [6.07, 6.45) is 3.96. The van der Waals surface area contributed by atoms with Crippen LogP contribution in [0.1, 0.15) is 28.2 Å². The Labute approximate surface area is 138 Å². The van der Waals surface area contributed by atoms with Gasteiger partial charge in [0.1, 0.15) is 16.5 Å². The van der Waals surface area contributed by atoms with E-state index in [1.54, 1.807) is 0 Å². The van der Waals surface area contributed by atoms with Crippen molar-refractivity contribution in [2.24, 2.45) is 0 Å². The lowest BCUT2D eigenvalue weighted by Crippen LogP contribution is -1.99. The largest absolute Gasteiger partial charge is 0.340 e. The molecule has 1 aromatic carbocycles. The number of aromatic nitrogens is 2. The Morgan fingerprint density at radius 1 is 1.22 bits per heavy atom. The van der Waals surface area contributed by atoms with Gasteiger partial charge in [0.25, 0.3) is 0 Å². The Hall–Kier alpha value is -2.45. The van der Waals surface area contributed by atoms with Crippen LogP contribution in [0.4, 0.5) is 11.5 Å². The van der Waals surface area contributed by atoms with E-state index in [-0.39, 0.29) is 0 Å². The minimum absolute atomic E-state index is 0.440. The molecule has 0 amide bonds. The smallest absolute Gasteiger partial charge is 0.143 e. The van der Waals surface area contributed by atoms with E-state index in [1.165, 1.54) is 22.2 Å². The molecule has 0 fully saturated rings. The molecule has 0 aliphatic heterocycles. The summed E-state index contributed by atoms with van der Waals surface area (Å²) in [5.74, 6) is 1.70. The zero-order valence-corrected chi connectivity index (χ0v) is 13.7. The van der Waals surface area contributed by atoms with Crippen molar-refractivity contribution in [2.45, 2.75) is 32.6 Å². The first-order valence-corrected chi connectivity index (χ1v) is 8.58. The van der Waals surface area contributed by atoms with E-state index < -0.39 is 0 Å². The maximum atomic E-state index is 8.76. The van der Waals surface area contributed by atoms with Crippen molar-refractivity contribution < 1.29 is 0 Å². The van der Waals surface area contributed by atoms with Crippen LogP contribution in [-0.4, -0.2) is 9.97 Å². The molecule has 2 aromatic heterocycles. The van der Waals surface area contributed by atoms with Crippen molar-refractivity contribution in [1.29, 1.82) is 5.26 Å². The lowest BCUT2D eigenvalue weighted by molar-refractivity contribution is 0.917. The van der Waals surface area contributed by atoms with Gasteiger partial charge < -0.3 is 5.32 Å². The van der Waals surface area contributed by atoms with Crippen LogP contribution in [-0.2, 0) is 19.3 Å². The highest BCUT2D eigenvalue weighted by Crippen LogP contribution is 2.40. The van der Waals surface area contributed by atoms with E-state index in [4.69, 9.17) is 5.26 Å². The van der Waals surface area contributed by atoms with Gasteiger partial charge in [-0.05, 0) is 49.4 Å². The Balaban J connectivity index is 1.75. The number of thiophene rings is 1. The van der Waals surface area contributed by atoms with E-state index in [0.29, 0.717) is 6.42 Å². The molecule has 3 aromatic rings. The number of anilines is 2. The number of hydrogen-bond acceptors (Lipinski definition) is 5. The van der Waals surface area contributed by atoms with Crippen LogP contribution in [0.25, 0.3) is 10.2 Å². The van der Waals surface area contributed by atoms with Crippen LogP contribution in [0.2, 0.25) is 0 Å². The van der Waals surface area contributed by atoms with E-state index in [9.17, 15) is 0 Å². The zero-order valence-electron chi connectivity index (χ0n) is 12.9. The average molecular weight is 320 g/mol. The molecule has 5 heteroatoms. The molecule has 0 saturated heterocycles. The van der Waals surface area contributed by atoms with Gasteiger partial charge in [0, 0.05) is 10.6 Å².